The van der Waals surface area contributed by atoms with Crippen LogP contribution in [0.1, 0.15) is 78.1 Å². The Labute approximate surface area is 261 Å². The van der Waals surface area contributed by atoms with Crippen molar-refractivity contribution >= 4 is 45.6 Å². The summed E-state index contributed by atoms with van der Waals surface area (Å²) in [7, 11) is -26.5. The SMILES string of the molecule is CCCCCCCCCCCC(O)(P(=O)(O)O)P(=O)(O)O.CN(C)C(P(=O)(O)O)P(=O)(O)O.CNC(C)(P(=O)(O)O)P(=O)(O)O. The number of hydrogen-bond donors (Lipinski definition) is 14. The van der Waals surface area contributed by atoms with E-state index in [1.807, 2.05) is 5.32 Å². The van der Waals surface area contributed by atoms with Gasteiger partial charge in [-0.3, -0.25) is 37.6 Å². The number of nitrogens with one attached hydrogen (secondary N) is 1. The lowest BCUT2D eigenvalue weighted by Crippen LogP contribution is -2.38. The maximum Gasteiger partial charge on any atom is 0.369 e. The van der Waals surface area contributed by atoms with Gasteiger partial charge < -0.3 is 63.8 Å². The van der Waals surface area contributed by atoms with Crippen molar-refractivity contribution in [3.05, 3.63) is 0 Å². The molecule has 0 aliphatic rings. The molecular weight excluding hydrogens is 734 g/mol. The van der Waals surface area contributed by atoms with Crippen LogP contribution in [-0.4, -0.2) is 105 Å². The first-order valence-electron chi connectivity index (χ1n) is 13.1. The summed E-state index contributed by atoms with van der Waals surface area (Å²) in [6, 6.07) is 0. The van der Waals surface area contributed by atoms with Crippen LogP contribution < -0.4 is 5.32 Å². The van der Waals surface area contributed by atoms with E-state index >= 15 is 0 Å². The molecule has 0 saturated heterocycles. The molecule has 0 unspecified atom stereocenters. The van der Waals surface area contributed by atoms with Gasteiger partial charge in [-0.2, -0.15) is 0 Å². The highest BCUT2D eigenvalue weighted by Crippen LogP contribution is 2.69. The molecule has 0 rings (SSSR count). The van der Waals surface area contributed by atoms with Crippen molar-refractivity contribution in [1.29, 1.82) is 0 Å². The number of rotatable bonds is 18. The van der Waals surface area contributed by atoms with Gasteiger partial charge in [0.05, 0.1) is 0 Å². The molecule has 45 heavy (non-hydrogen) atoms. The minimum Gasteiger partial charge on any atom is -0.368 e. The van der Waals surface area contributed by atoms with Gasteiger partial charge in [0.2, 0.25) is 10.5 Å². The third kappa shape index (κ3) is 17.8. The standard InChI is InChI=1S/C12H28O7P2.2C3H11NO6P2/c1-2-3-4-5-6-7-8-9-10-11-12(13,20(14,15)16)21(17,18)19;1-4(2)3(11(5,6)7)12(8,9)10;1-3(4-2,11(5,6)7)12(8,9)10/h13H,2-11H2,1H3,(H2,14,15,16)(H2,17,18,19);3H,1-2H3,(H2,5,6,7)(H2,8,9,10);4H,1-2H3,(H2,5,6,7)(H2,8,9,10). The lowest BCUT2D eigenvalue weighted by atomic mass is 10.1. The van der Waals surface area contributed by atoms with Gasteiger partial charge >= 0.3 is 45.6 Å². The minimum absolute atomic E-state index is 0.168. The van der Waals surface area contributed by atoms with Crippen LogP contribution in [0.2, 0.25) is 0 Å². The summed E-state index contributed by atoms with van der Waals surface area (Å²) in [6.45, 7) is 2.91. The molecule has 21 nitrogen and oxygen atoms in total. The number of hydrogen-bond acceptors (Lipinski definition) is 9. The van der Waals surface area contributed by atoms with Crippen molar-refractivity contribution in [2.75, 3.05) is 21.1 Å². The molecule has 0 aromatic carbocycles. The van der Waals surface area contributed by atoms with E-state index < -0.39 is 67.6 Å². The van der Waals surface area contributed by atoms with Crippen molar-refractivity contribution in [3.8, 4) is 0 Å². The second-order valence-corrected chi connectivity index (χ2v) is 22.4. The molecule has 0 fully saturated rings. The van der Waals surface area contributed by atoms with Crippen molar-refractivity contribution in [2.45, 2.75) is 93.7 Å². The van der Waals surface area contributed by atoms with Crippen molar-refractivity contribution in [2.24, 2.45) is 0 Å². The molecule has 0 bridgehead atoms. The Kier molecular flexibility index (Phi) is 22.1. The predicted molar refractivity (Wildman–Crippen MR) is 164 cm³/mol. The van der Waals surface area contributed by atoms with E-state index in [0.29, 0.717) is 6.42 Å². The molecule has 14 N–H and O–H groups in total. The largest absolute Gasteiger partial charge is 0.369 e. The van der Waals surface area contributed by atoms with Gasteiger partial charge in [-0.25, -0.2) is 0 Å². The molecular formula is C18H50N2O19P6. The molecule has 276 valence electrons. The van der Waals surface area contributed by atoms with Crippen molar-refractivity contribution in [3.63, 3.8) is 0 Å². The average molecular weight is 784 g/mol. The van der Waals surface area contributed by atoms with Crippen LogP contribution >= 0.6 is 45.6 Å². The lowest BCUT2D eigenvalue weighted by molar-refractivity contribution is 0.120. The summed E-state index contributed by atoms with van der Waals surface area (Å²) in [5, 5.41) is 5.84. The van der Waals surface area contributed by atoms with Gasteiger partial charge in [-0.05, 0) is 40.9 Å². The van der Waals surface area contributed by atoms with Crippen LogP contribution in [-0.2, 0) is 27.4 Å². The van der Waals surface area contributed by atoms with Gasteiger partial charge in [-0.1, -0.05) is 58.3 Å². The molecule has 0 amide bonds. The maximum atomic E-state index is 11.1. The van der Waals surface area contributed by atoms with E-state index in [1.54, 1.807) is 0 Å². The first-order chi connectivity index (χ1) is 19.7. The maximum absolute atomic E-state index is 11.1. The zero-order valence-corrected chi connectivity index (χ0v) is 30.9. The Morgan fingerprint density at radius 3 is 1.02 bits per heavy atom. The average Bonchev–Trinajstić information content (AvgIpc) is 2.77. The summed E-state index contributed by atoms with van der Waals surface area (Å²) in [5.74, 6) is 0. The molecule has 0 radical (unpaired) electrons. The van der Waals surface area contributed by atoms with Crippen molar-refractivity contribution in [1.82, 2.24) is 10.2 Å². The van der Waals surface area contributed by atoms with Gasteiger partial charge in [0.25, 0.3) is 5.08 Å². The van der Waals surface area contributed by atoms with Crippen LogP contribution in [0, 0.1) is 0 Å². The van der Waals surface area contributed by atoms with Crippen LogP contribution in [0.15, 0.2) is 0 Å². The normalized spacial score (nSPS) is 14.1. The van der Waals surface area contributed by atoms with Gasteiger partial charge in [0.15, 0.2) is 0 Å². The number of unbranched alkanes of at least 4 members (excludes halogenated alkanes) is 8. The van der Waals surface area contributed by atoms with Crippen LogP contribution in [0.3, 0.4) is 0 Å². The summed E-state index contributed by atoms with van der Waals surface area (Å²) in [5.41, 5.74) is -2.05. The number of nitrogens with zero attached hydrogens (tertiary/aromatic N) is 1. The lowest BCUT2D eigenvalue weighted by Gasteiger charge is -2.29. The highest BCUT2D eigenvalue weighted by Gasteiger charge is 2.58. The summed E-state index contributed by atoms with van der Waals surface area (Å²) in [6.07, 6.45) is 7.80. The molecule has 0 atom stereocenters. The highest BCUT2D eigenvalue weighted by molar-refractivity contribution is 7.72. The molecule has 0 aromatic heterocycles. The molecule has 0 spiro atoms. The van der Waals surface area contributed by atoms with E-state index in [0.717, 1.165) is 44.6 Å². The molecule has 0 aliphatic carbocycles. The first-order valence-corrected chi connectivity index (χ1v) is 22.9. The molecule has 0 aliphatic heterocycles. The highest BCUT2D eigenvalue weighted by atomic mass is 31.2. The van der Waals surface area contributed by atoms with E-state index in [-0.39, 0.29) is 6.42 Å². The Morgan fingerprint density at radius 1 is 0.578 bits per heavy atom. The predicted octanol–water partition coefficient (Wildman–Crippen LogP) is 1.33. The molecule has 0 aromatic rings. The summed E-state index contributed by atoms with van der Waals surface area (Å²) >= 11 is 0. The van der Waals surface area contributed by atoms with E-state index in [4.69, 9.17) is 58.7 Å². The molecule has 27 heteroatoms. The third-order valence-corrected chi connectivity index (χ3v) is 18.3. The second kappa shape index (κ2) is 19.8. The summed E-state index contributed by atoms with van der Waals surface area (Å²) < 4.78 is 64.7. The molecule has 0 heterocycles. The number of aliphatic hydroxyl groups is 1. The fraction of sp³-hybridized carbons (Fsp3) is 1.00. The Balaban J connectivity index is -0.000000630. The second-order valence-electron chi connectivity index (χ2n) is 10.3. The topological polar surface area (TPSA) is 381 Å². The monoisotopic (exact) mass is 784 g/mol. The van der Waals surface area contributed by atoms with Gasteiger partial charge in [-0.15, -0.1) is 0 Å². The Hall–Kier alpha value is 0.780. The van der Waals surface area contributed by atoms with E-state index in [9.17, 15) is 32.5 Å². The Bertz CT molecular complexity index is 1080. The zero-order chi connectivity index (χ0) is 36.9. The van der Waals surface area contributed by atoms with E-state index in [1.165, 1.54) is 33.4 Å². The van der Waals surface area contributed by atoms with Crippen LogP contribution in [0.25, 0.3) is 0 Å². The third-order valence-electron chi connectivity index (χ3n) is 6.22. The van der Waals surface area contributed by atoms with Gasteiger partial charge in [0.1, 0.15) is 0 Å². The van der Waals surface area contributed by atoms with Gasteiger partial charge in [0, 0.05) is 0 Å². The zero-order valence-electron chi connectivity index (χ0n) is 25.5. The van der Waals surface area contributed by atoms with Crippen LogP contribution in [0.4, 0.5) is 0 Å². The fourth-order valence-electron chi connectivity index (χ4n) is 3.39. The first kappa shape index (κ1) is 50.2. The smallest absolute Gasteiger partial charge is 0.368 e. The quantitative estimate of drug-likeness (QED) is 0.0688. The molecule has 0 saturated carbocycles. The van der Waals surface area contributed by atoms with Crippen LogP contribution in [0.5, 0.6) is 0 Å². The Morgan fingerprint density at radius 2 is 0.867 bits per heavy atom. The minimum atomic E-state index is -5.29. The summed E-state index contributed by atoms with van der Waals surface area (Å²) in [4.78, 5) is 105. The van der Waals surface area contributed by atoms with Crippen molar-refractivity contribution < 1.29 is 91.2 Å². The van der Waals surface area contributed by atoms with E-state index in [2.05, 4.69) is 6.92 Å². The fourth-order valence-corrected chi connectivity index (χ4v) is 10.4.